The summed E-state index contributed by atoms with van der Waals surface area (Å²) in [5.41, 5.74) is 3.69. The van der Waals surface area contributed by atoms with E-state index in [-0.39, 0.29) is 0 Å². The molecule has 1 aliphatic rings. The van der Waals surface area contributed by atoms with Crippen molar-refractivity contribution in [2.75, 3.05) is 0 Å². The summed E-state index contributed by atoms with van der Waals surface area (Å²) in [4.78, 5) is 16.7. The van der Waals surface area contributed by atoms with E-state index in [4.69, 9.17) is 5.11 Å². The number of carboxylic acid groups (broad SMARTS) is 1. The number of nitrogens with zero attached hydrogens (tertiary/aromatic N) is 1. The van der Waals surface area contributed by atoms with Crippen LogP contribution in [-0.4, -0.2) is 16.1 Å². The molecule has 0 unspecified atom stereocenters. The van der Waals surface area contributed by atoms with E-state index in [1.54, 1.807) is 6.07 Å². The van der Waals surface area contributed by atoms with Gasteiger partial charge in [-0.05, 0) is 55.5 Å². The highest BCUT2D eigenvalue weighted by Gasteiger charge is 2.13. The Hall–Kier alpha value is -1.81. The minimum atomic E-state index is -0.883. The van der Waals surface area contributed by atoms with E-state index in [9.17, 15) is 4.79 Å². The Balaban J connectivity index is 1.88. The fraction of sp³-hybridized carbons (Fsp3) is 0.250. The molecule has 1 aromatic carbocycles. The summed E-state index contributed by atoms with van der Waals surface area (Å²) < 4.78 is 0. The predicted octanol–water partition coefficient (Wildman–Crippen LogP) is 3.73. The van der Waals surface area contributed by atoms with Gasteiger partial charge in [0.25, 0.3) is 0 Å². The average molecular weight is 285 g/mol. The van der Waals surface area contributed by atoms with Crippen molar-refractivity contribution in [2.45, 2.75) is 36.1 Å². The lowest BCUT2D eigenvalue weighted by atomic mass is 10.1. The van der Waals surface area contributed by atoms with Gasteiger partial charge >= 0.3 is 5.97 Å². The Labute approximate surface area is 122 Å². The van der Waals surface area contributed by atoms with Crippen molar-refractivity contribution in [1.82, 2.24) is 4.98 Å². The highest BCUT2D eigenvalue weighted by Crippen LogP contribution is 2.30. The van der Waals surface area contributed by atoms with E-state index in [0.29, 0.717) is 5.56 Å². The van der Waals surface area contributed by atoms with E-state index >= 15 is 0 Å². The third-order valence-corrected chi connectivity index (χ3v) is 4.49. The summed E-state index contributed by atoms with van der Waals surface area (Å²) in [6.45, 7) is 1.81. The van der Waals surface area contributed by atoms with Crippen LogP contribution < -0.4 is 0 Å². The molecule has 1 N–H and O–H groups in total. The zero-order valence-electron chi connectivity index (χ0n) is 11.2. The molecular formula is C16H15NO2S. The minimum Gasteiger partial charge on any atom is -0.478 e. The molecule has 1 aliphatic carbocycles. The van der Waals surface area contributed by atoms with Gasteiger partial charge in [0.2, 0.25) is 0 Å². The SMILES string of the molecule is Cc1ccc(Sc2ccc3c(n2)CCC3)cc1C(=O)O. The van der Waals surface area contributed by atoms with Gasteiger partial charge in [0.05, 0.1) is 5.56 Å². The maximum absolute atomic E-state index is 11.2. The molecule has 0 saturated carbocycles. The van der Waals surface area contributed by atoms with Gasteiger partial charge in [0.15, 0.2) is 0 Å². The summed E-state index contributed by atoms with van der Waals surface area (Å²) in [7, 11) is 0. The van der Waals surface area contributed by atoms with Crippen molar-refractivity contribution in [2.24, 2.45) is 0 Å². The number of fused-ring (bicyclic) bond motifs is 1. The molecule has 0 bridgehead atoms. The molecule has 1 heterocycles. The second-order valence-corrected chi connectivity index (χ2v) is 6.09. The number of hydrogen-bond acceptors (Lipinski definition) is 3. The fourth-order valence-corrected chi connectivity index (χ4v) is 3.32. The monoisotopic (exact) mass is 285 g/mol. The number of rotatable bonds is 3. The van der Waals surface area contributed by atoms with Crippen LogP contribution in [0.25, 0.3) is 0 Å². The number of aromatic nitrogens is 1. The number of carbonyl (C=O) groups is 1. The average Bonchev–Trinajstić information content (AvgIpc) is 2.88. The Morgan fingerprint density at radius 2 is 2.10 bits per heavy atom. The van der Waals surface area contributed by atoms with Crippen molar-refractivity contribution in [1.29, 1.82) is 0 Å². The van der Waals surface area contributed by atoms with E-state index in [2.05, 4.69) is 11.1 Å². The molecule has 20 heavy (non-hydrogen) atoms. The largest absolute Gasteiger partial charge is 0.478 e. The van der Waals surface area contributed by atoms with E-state index in [1.807, 2.05) is 25.1 Å². The molecule has 1 aromatic heterocycles. The van der Waals surface area contributed by atoms with Crippen molar-refractivity contribution in [3.8, 4) is 0 Å². The third kappa shape index (κ3) is 2.56. The van der Waals surface area contributed by atoms with Gasteiger partial charge in [0.1, 0.15) is 5.03 Å². The molecule has 0 saturated heterocycles. The quantitative estimate of drug-likeness (QED) is 0.933. The summed E-state index contributed by atoms with van der Waals surface area (Å²) in [5.74, 6) is -0.883. The summed E-state index contributed by atoms with van der Waals surface area (Å²) in [6, 6.07) is 9.68. The van der Waals surface area contributed by atoms with Crippen LogP contribution in [0.1, 0.15) is 33.6 Å². The van der Waals surface area contributed by atoms with Crippen molar-refractivity contribution < 1.29 is 9.90 Å². The summed E-state index contributed by atoms with van der Waals surface area (Å²) in [6.07, 6.45) is 3.36. The second kappa shape index (κ2) is 5.29. The van der Waals surface area contributed by atoms with Crippen LogP contribution >= 0.6 is 11.8 Å². The van der Waals surface area contributed by atoms with Crippen LogP contribution in [0.4, 0.5) is 0 Å². The van der Waals surface area contributed by atoms with E-state index in [0.717, 1.165) is 28.3 Å². The summed E-state index contributed by atoms with van der Waals surface area (Å²) in [5, 5.41) is 10.1. The molecule has 0 fully saturated rings. The van der Waals surface area contributed by atoms with Crippen LogP contribution in [0, 0.1) is 6.92 Å². The standard InChI is InChI=1S/C16H15NO2S/c1-10-5-7-12(9-13(10)16(18)19)20-15-8-6-11-3-2-4-14(11)17-15/h5-9H,2-4H2,1H3,(H,18,19). The van der Waals surface area contributed by atoms with Gasteiger partial charge in [-0.15, -0.1) is 0 Å². The van der Waals surface area contributed by atoms with Crippen molar-refractivity contribution in [3.63, 3.8) is 0 Å². The molecular weight excluding hydrogens is 270 g/mol. The smallest absolute Gasteiger partial charge is 0.335 e. The Kier molecular flexibility index (Phi) is 3.49. The zero-order valence-corrected chi connectivity index (χ0v) is 12.0. The fourth-order valence-electron chi connectivity index (χ4n) is 2.47. The van der Waals surface area contributed by atoms with Crippen LogP contribution in [0.5, 0.6) is 0 Å². The Morgan fingerprint density at radius 3 is 2.90 bits per heavy atom. The lowest BCUT2D eigenvalue weighted by Crippen LogP contribution is -1.99. The molecule has 2 aromatic rings. The first-order valence-corrected chi connectivity index (χ1v) is 7.46. The van der Waals surface area contributed by atoms with Gasteiger partial charge in [-0.25, -0.2) is 9.78 Å². The molecule has 0 spiro atoms. The first-order chi connectivity index (χ1) is 9.63. The van der Waals surface area contributed by atoms with Crippen LogP contribution in [0.3, 0.4) is 0 Å². The molecule has 0 amide bonds. The minimum absolute atomic E-state index is 0.358. The topological polar surface area (TPSA) is 50.2 Å². The summed E-state index contributed by atoms with van der Waals surface area (Å²) >= 11 is 1.52. The number of benzene rings is 1. The maximum atomic E-state index is 11.2. The second-order valence-electron chi connectivity index (χ2n) is 4.99. The molecule has 0 aliphatic heterocycles. The molecule has 0 atom stereocenters. The first-order valence-electron chi connectivity index (χ1n) is 6.64. The van der Waals surface area contributed by atoms with E-state index < -0.39 is 5.97 Å². The van der Waals surface area contributed by atoms with Gasteiger partial charge in [0, 0.05) is 10.6 Å². The third-order valence-electron chi connectivity index (χ3n) is 3.56. The van der Waals surface area contributed by atoms with Gasteiger partial charge in [-0.2, -0.15) is 0 Å². The molecule has 4 heteroatoms. The van der Waals surface area contributed by atoms with Gasteiger partial charge < -0.3 is 5.11 Å². The number of aryl methyl sites for hydroxylation is 3. The van der Waals surface area contributed by atoms with Crippen LogP contribution in [0.2, 0.25) is 0 Å². The molecule has 3 nitrogen and oxygen atoms in total. The normalized spacial score (nSPS) is 13.2. The number of pyridine rings is 1. The van der Waals surface area contributed by atoms with Crippen molar-refractivity contribution in [3.05, 3.63) is 52.7 Å². The lowest BCUT2D eigenvalue weighted by molar-refractivity contribution is 0.0696. The highest BCUT2D eigenvalue weighted by atomic mass is 32.2. The molecule has 0 radical (unpaired) electrons. The van der Waals surface area contributed by atoms with Gasteiger partial charge in [-0.3, -0.25) is 0 Å². The van der Waals surface area contributed by atoms with Gasteiger partial charge in [-0.1, -0.05) is 23.9 Å². The Morgan fingerprint density at radius 1 is 1.25 bits per heavy atom. The number of carboxylic acids is 1. The first kappa shape index (κ1) is 13.2. The van der Waals surface area contributed by atoms with Crippen molar-refractivity contribution >= 4 is 17.7 Å². The number of aromatic carboxylic acids is 1. The van der Waals surface area contributed by atoms with E-state index in [1.165, 1.54) is 29.4 Å². The number of hydrogen-bond donors (Lipinski definition) is 1. The Bertz CT molecular complexity index is 682. The highest BCUT2D eigenvalue weighted by molar-refractivity contribution is 7.99. The lowest BCUT2D eigenvalue weighted by Gasteiger charge is -2.06. The molecule has 102 valence electrons. The predicted molar refractivity (Wildman–Crippen MR) is 78.5 cm³/mol. The van der Waals surface area contributed by atoms with Crippen LogP contribution in [-0.2, 0) is 12.8 Å². The maximum Gasteiger partial charge on any atom is 0.335 e. The molecule has 3 rings (SSSR count). The zero-order chi connectivity index (χ0) is 14.1. The van der Waals surface area contributed by atoms with Crippen LogP contribution in [0.15, 0.2) is 40.3 Å².